The Morgan fingerprint density at radius 2 is 1.90 bits per heavy atom. The summed E-state index contributed by atoms with van der Waals surface area (Å²) in [5, 5.41) is 13.4. The summed E-state index contributed by atoms with van der Waals surface area (Å²) in [6.07, 6.45) is -0.278. The molecule has 2 heterocycles. The summed E-state index contributed by atoms with van der Waals surface area (Å²) < 4.78 is 10.1. The summed E-state index contributed by atoms with van der Waals surface area (Å²) >= 11 is 1.36. The first-order chi connectivity index (χ1) is 13.6. The number of ether oxygens (including phenoxy) is 2. The number of thioether (sulfide) groups is 1. The second-order valence-corrected chi connectivity index (χ2v) is 8.85. The summed E-state index contributed by atoms with van der Waals surface area (Å²) in [4.78, 5) is 38.7. The van der Waals surface area contributed by atoms with Crippen LogP contribution in [0.3, 0.4) is 0 Å². The largest absolute Gasteiger partial charge is 0.508 e. The van der Waals surface area contributed by atoms with Crippen LogP contribution in [0.1, 0.15) is 26.3 Å². The Kier molecular flexibility index (Phi) is 5.79. The number of hydrogen-bond donors (Lipinski definition) is 2. The normalized spacial score (nSPS) is 23.4. The molecule has 1 aromatic carbocycles. The average Bonchev–Trinajstić information content (AvgIpc) is 2.65. The Morgan fingerprint density at radius 3 is 2.48 bits per heavy atom. The average molecular weight is 420 g/mol. The summed E-state index contributed by atoms with van der Waals surface area (Å²) in [7, 11) is 1.23. The fourth-order valence-electron chi connectivity index (χ4n) is 3.23. The number of carbonyl (C=O) groups excluding carboxylic acids is 3. The van der Waals surface area contributed by atoms with Crippen LogP contribution in [-0.2, 0) is 25.5 Å². The number of phenols is 1. The van der Waals surface area contributed by atoms with Crippen LogP contribution in [0.15, 0.2) is 35.2 Å². The van der Waals surface area contributed by atoms with E-state index in [1.807, 2.05) is 5.41 Å². The van der Waals surface area contributed by atoms with Crippen LogP contribution in [-0.4, -0.2) is 58.1 Å². The number of carbonyl (C=O) groups is 3. The second kappa shape index (κ2) is 7.98. The number of amides is 2. The van der Waals surface area contributed by atoms with Crippen LogP contribution in [0.4, 0.5) is 4.79 Å². The number of methoxy groups -OCH3 is 1. The topological polar surface area (TPSA) is 105 Å². The summed E-state index contributed by atoms with van der Waals surface area (Å²) in [6, 6.07) is 5.03. The third-order valence-electron chi connectivity index (χ3n) is 4.50. The molecule has 1 fully saturated rings. The Bertz CT molecular complexity index is 846. The first kappa shape index (κ1) is 21.0. The number of β-lactam (4-membered cyclic amide) rings is 1. The zero-order valence-electron chi connectivity index (χ0n) is 16.7. The summed E-state index contributed by atoms with van der Waals surface area (Å²) in [5.41, 5.74) is 0.896. The van der Waals surface area contributed by atoms with E-state index in [0.29, 0.717) is 6.42 Å². The molecular formula is C20H24N2O6S. The van der Waals surface area contributed by atoms with E-state index in [1.54, 1.807) is 45.0 Å². The summed E-state index contributed by atoms with van der Waals surface area (Å²) in [6.45, 7) is 5.30. The van der Waals surface area contributed by atoms with Gasteiger partial charge < -0.3 is 24.8 Å². The highest BCUT2D eigenvalue weighted by atomic mass is 32.2. The van der Waals surface area contributed by atoms with E-state index in [9.17, 15) is 19.5 Å². The molecule has 1 saturated heterocycles. The Balaban J connectivity index is 1.87. The lowest BCUT2D eigenvalue weighted by atomic mass is 9.93. The highest BCUT2D eigenvalue weighted by molar-refractivity contribution is 8.02. The van der Waals surface area contributed by atoms with Crippen molar-refractivity contribution in [3.63, 3.8) is 0 Å². The third kappa shape index (κ3) is 4.50. The van der Waals surface area contributed by atoms with Gasteiger partial charge in [0.2, 0.25) is 5.91 Å². The fraction of sp³-hybridized carbons (Fsp3) is 0.450. The smallest absolute Gasteiger partial charge is 0.407 e. The van der Waals surface area contributed by atoms with Gasteiger partial charge in [0.05, 0.1) is 7.11 Å². The number of benzene rings is 1. The first-order valence-electron chi connectivity index (χ1n) is 9.12. The molecule has 0 spiro atoms. The Labute approximate surface area is 173 Å². The van der Waals surface area contributed by atoms with Crippen molar-refractivity contribution in [3.8, 4) is 5.75 Å². The van der Waals surface area contributed by atoms with Gasteiger partial charge >= 0.3 is 12.1 Å². The first-order valence-corrected chi connectivity index (χ1v) is 10.1. The van der Waals surface area contributed by atoms with Gasteiger partial charge in [-0.25, -0.2) is 9.59 Å². The van der Waals surface area contributed by atoms with Crippen molar-refractivity contribution in [2.75, 3.05) is 7.11 Å². The summed E-state index contributed by atoms with van der Waals surface area (Å²) in [5.74, 6) is -0.725. The molecule has 2 aliphatic rings. The van der Waals surface area contributed by atoms with Gasteiger partial charge in [-0.15, -0.1) is 11.8 Å². The monoisotopic (exact) mass is 420 g/mol. The van der Waals surface area contributed by atoms with Crippen molar-refractivity contribution in [2.45, 2.75) is 50.3 Å². The third-order valence-corrected chi connectivity index (χ3v) is 5.72. The zero-order chi connectivity index (χ0) is 21.3. The van der Waals surface area contributed by atoms with Crippen molar-refractivity contribution in [2.24, 2.45) is 0 Å². The van der Waals surface area contributed by atoms with Gasteiger partial charge in [0.15, 0.2) is 6.04 Å². The molecule has 3 atom stereocenters. The lowest BCUT2D eigenvalue weighted by molar-refractivity contribution is -0.169. The van der Waals surface area contributed by atoms with Gasteiger partial charge in [-0.05, 0) is 55.9 Å². The number of hydrogen-bond acceptors (Lipinski definition) is 7. The van der Waals surface area contributed by atoms with Gasteiger partial charge in [-0.3, -0.25) is 4.79 Å². The number of fused-ring (bicyclic) bond motifs is 1. The molecule has 156 valence electrons. The number of phenolic OH excluding ortho intramolecular Hbond substituents is 1. The molecule has 2 amide bonds. The van der Waals surface area contributed by atoms with Gasteiger partial charge in [0.1, 0.15) is 22.8 Å². The zero-order valence-corrected chi connectivity index (χ0v) is 17.5. The maximum absolute atomic E-state index is 13.0. The number of alkyl carbamates (subject to hydrolysis) is 1. The van der Waals surface area contributed by atoms with Crippen molar-refractivity contribution in [3.05, 3.63) is 40.8 Å². The highest BCUT2D eigenvalue weighted by Crippen LogP contribution is 2.41. The Morgan fingerprint density at radius 1 is 1.24 bits per heavy atom. The van der Waals surface area contributed by atoms with Gasteiger partial charge in [0.25, 0.3) is 0 Å². The lowest BCUT2D eigenvalue weighted by Gasteiger charge is -2.51. The lowest BCUT2D eigenvalue weighted by Crippen LogP contribution is -2.74. The molecule has 1 aromatic rings. The number of rotatable bonds is 4. The highest BCUT2D eigenvalue weighted by Gasteiger charge is 2.56. The SMILES string of the molecule is COC(=O)NC1C(=O)N2C(C(=O)OC(C)(C)C)C(Cc3ccc(O)cc3)=CS[C@H]12. The van der Waals surface area contributed by atoms with E-state index in [1.165, 1.54) is 23.8 Å². The minimum absolute atomic E-state index is 0.152. The molecule has 0 saturated carbocycles. The standard InChI is InChI=1S/C20H24N2O6S/c1-20(2,3)28-18(25)15-12(9-11-5-7-13(23)8-6-11)10-29-17-14(16(24)22(15)17)21-19(26)27-4/h5-8,10,14-15,17,23H,9H2,1-4H3,(H,21,26)/t14?,15?,17-/m1/s1. The number of nitrogens with one attached hydrogen (secondary N) is 1. The van der Waals surface area contributed by atoms with Crippen molar-refractivity contribution < 1.29 is 29.0 Å². The maximum Gasteiger partial charge on any atom is 0.407 e. The van der Waals surface area contributed by atoms with Gasteiger partial charge in [-0.2, -0.15) is 0 Å². The minimum atomic E-state index is -0.877. The molecule has 2 unspecified atom stereocenters. The molecule has 0 aromatic heterocycles. The molecule has 9 heteroatoms. The predicted molar refractivity (Wildman–Crippen MR) is 107 cm³/mol. The van der Waals surface area contributed by atoms with Gasteiger partial charge in [0, 0.05) is 0 Å². The molecule has 2 aliphatic heterocycles. The molecular weight excluding hydrogens is 396 g/mol. The molecule has 0 radical (unpaired) electrons. The van der Waals surface area contributed by atoms with E-state index < -0.39 is 35.1 Å². The predicted octanol–water partition coefficient (Wildman–Crippen LogP) is 2.17. The number of aromatic hydroxyl groups is 1. The van der Waals surface area contributed by atoms with E-state index in [0.717, 1.165) is 11.1 Å². The molecule has 8 nitrogen and oxygen atoms in total. The molecule has 0 aliphatic carbocycles. The molecule has 0 bridgehead atoms. The van der Waals surface area contributed by atoms with E-state index in [-0.39, 0.29) is 11.7 Å². The van der Waals surface area contributed by atoms with Crippen LogP contribution in [0.2, 0.25) is 0 Å². The van der Waals surface area contributed by atoms with E-state index in [4.69, 9.17) is 4.74 Å². The van der Waals surface area contributed by atoms with Crippen LogP contribution < -0.4 is 5.32 Å². The maximum atomic E-state index is 13.0. The van der Waals surface area contributed by atoms with Crippen molar-refractivity contribution >= 4 is 29.7 Å². The quantitative estimate of drug-likeness (QED) is 0.568. The van der Waals surface area contributed by atoms with Gasteiger partial charge in [-0.1, -0.05) is 12.1 Å². The van der Waals surface area contributed by atoms with Crippen molar-refractivity contribution in [1.82, 2.24) is 10.2 Å². The molecule has 29 heavy (non-hydrogen) atoms. The van der Waals surface area contributed by atoms with Crippen LogP contribution in [0.25, 0.3) is 0 Å². The van der Waals surface area contributed by atoms with E-state index in [2.05, 4.69) is 10.1 Å². The fourth-order valence-corrected chi connectivity index (χ4v) is 4.46. The number of nitrogens with zero attached hydrogens (tertiary/aromatic N) is 1. The number of esters is 1. The molecule has 2 N–H and O–H groups in total. The van der Waals surface area contributed by atoms with Crippen LogP contribution in [0.5, 0.6) is 5.75 Å². The van der Waals surface area contributed by atoms with E-state index >= 15 is 0 Å². The van der Waals surface area contributed by atoms with Crippen LogP contribution >= 0.6 is 11.8 Å². The van der Waals surface area contributed by atoms with Crippen molar-refractivity contribution in [1.29, 1.82) is 0 Å². The second-order valence-electron chi connectivity index (χ2n) is 7.86. The minimum Gasteiger partial charge on any atom is -0.508 e. The van der Waals surface area contributed by atoms with Crippen LogP contribution in [0, 0.1) is 0 Å². The Hall–Kier alpha value is -2.68. The molecule has 3 rings (SSSR count).